The quantitative estimate of drug-likeness (QED) is 0.120. The third kappa shape index (κ3) is 14.2. The third-order valence-corrected chi connectivity index (χ3v) is 13.4. The number of cyclic esters (lactones) is 1. The van der Waals surface area contributed by atoms with Crippen LogP contribution in [0.1, 0.15) is 103 Å². The minimum Gasteiger partial charge on any atom is -0.464 e. The number of likely N-dealkylation sites (tertiary alicyclic amines) is 1. The number of carbonyl (C=O) groups is 5. The fraction of sp³-hybridized carbons (Fsp3) is 0.509. The van der Waals surface area contributed by atoms with E-state index in [0.717, 1.165) is 56.2 Å². The number of likely N-dealkylation sites (N-methyl/N-ethyl adjacent to an activating group) is 1. The number of nitrogens with one attached hydrogen (secondary N) is 2. The largest absolute Gasteiger partial charge is 0.464 e. The monoisotopic (exact) mass is 1090 g/mol. The summed E-state index contributed by atoms with van der Waals surface area (Å²) in [5, 5.41) is 5.58. The molecule has 2 aromatic carbocycles. The molecule has 0 saturated carbocycles. The van der Waals surface area contributed by atoms with Crippen LogP contribution in [0.25, 0.3) is 33.3 Å². The number of esters is 1. The first-order valence-electron chi connectivity index (χ1n) is 23.9. The number of hydrogen-bond donors (Lipinski definition) is 2. The smallest absolute Gasteiger partial charge is 0.324 e. The van der Waals surface area contributed by atoms with Crippen molar-refractivity contribution in [2.24, 2.45) is 17.3 Å². The second-order valence-corrected chi connectivity index (χ2v) is 20.3. The van der Waals surface area contributed by atoms with E-state index in [1.807, 2.05) is 38.2 Å². The highest BCUT2D eigenvalue weighted by molar-refractivity contribution is 7.60. The van der Waals surface area contributed by atoms with E-state index in [4.69, 9.17) is 9.72 Å². The number of nitrogens with zero attached hydrogens (tertiary/aromatic N) is 5. The van der Waals surface area contributed by atoms with E-state index < -0.39 is 53.9 Å². The molecule has 2 N–H and O–H groups in total. The predicted molar refractivity (Wildman–Crippen MR) is 310 cm³/mol. The molecule has 13 nitrogen and oxygen atoms in total. The summed E-state index contributed by atoms with van der Waals surface area (Å²) >= 11 is 0. The summed E-state index contributed by atoms with van der Waals surface area (Å²) in [5.41, 5.74) is 10.9. The lowest BCUT2D eigenvalue weighted by molar-refractivity contribution is -0.155. The maximum absolute atomic E-state index is 14.7. The van der Waals surface area contributed by atoms with Gasteiger partial charge in [0.05, 0.1) is 23.9 Å². The molecule has 0 spiro atoms. The highest BCUT2D eigenvalue weighted by Crippen LogP contribution is 2.43. The summed E-state index contributed by atoms with van der Waals surface area (Å²) in [6, 6.07) is 16.1. The molecule has 4 aromatic rings. The first-order valence-corrected chi connectivity index (χ1v) is 23.9. The van der Waals surface area contributed by atoms with Gasteiger partial charge in [-0.1, -0.05) is 71.9 Å². The number of rotatable bonds is 10. The zero-order valence-corrected chi connectivity index (χ0v) is 48.1. The molecule has 4 amide bonds. The molecule has 398 valence electrons. The second kappa shape index (κ2) is 27.4. The van der Waals surface area contributed by atoms with E-state index in [1.165, 1.54) is 20.9 Å². The van der Waals surface area contributed by atoms with Gasteiger partial charge in [-0.15, -0.1) is 0 Å². The van der Waals surface area contributed by atoms with Crippen LogP contribution >= 0.6 is 67.5 Å². The van der Waals surface area contributed by atoms with Crippen LogP contribution in [0.5, 0.6) is 0 Å². The number of hydrogen-bond acceptors (Lipinski definition) is 8. The number of allylic oxidation sites excluding steroid dienone is 1. The summed E-state index contributed by atoms with van der Waals surface area (Å²) in [4.78, 5) is 77.6. The number of halogens is 1. The fourth-order valence-electron chi connectivity index (χ4n) is 10.2. The number of amides is 4. The fourth-order valence-corrected chi connectivity index (χ4v) is 10.2. The van der Waals surface area contributed by atoms with Crippen LogP contribution in [0.2, 0.25) is 0 Å². The number of aromatic nitrogens is 2. The van der Waals surface area contributed by atoms with E-state index in [0.29, 0.717) is 38.8 Å². The van der Waals surface area contributed by atoms with Gasteiger partial charge in [-0.2, -0.15) is 67.5 Å². The van der Waals surface area contributed by atoms with Crippen molar-refractivity contribution in [2.75, 3.05) is 40.0 Å². The zero-order chi connectivity index (χ0) is 48.3. The zero-order valence-electron chi connectivity index (χ0n) is 43.1. The van der Waals surface area contributed by atoms with E-state index in [-0.39, 0.29) is 117 Å². The summed E-state index contributed by atoms with van der Waals surface area (Å²) in [6.45, 7) is 16.9. The van der Waals surface area contributed by atoms with Crippen molar-refractivity contribution in [2.45, 2.75) is 118 Å². The molecule has 7 rings (SSSR count). The number of alkyl halides is 1. The summed E-state index contributed by atoms with van der Waals surface area (Å²) in [5.74, 6) is -2.71. The first kappa shape index (κ1) is 64.0. The van der Waals surface area contributed by atoms with Crippen molar-refractivity contribution in [3.63, 3.8) is 0 Å². The van der Waals surface area contributed by atoms with Crippen LogP contribution in [-0.2, 0) is 41.6 Å². The van der Waals surface area contributed by atoms with E-state index in [2.05, 4.69) is 93.3 Å². The minimum absolute atomic E-state index is 0. The molecular weight excluding hydrogens is 1010 g/mol. The Kier molecular flexibility index (Phi) is 24.4. The average Bonchev–Trinajstić information content (AvgIpc) is 3.92. The Hall–Kier alpha value is -4.14. The summed E-state index contributed by atoms with van der Waals surface area (Å²) in [6.07, 6.45) is 6.33. The Morgan fingerprint density at radius 2 is 1.65 bits per heavy atom. The van der Waals surface area contributed by atoms with Crippen molar-refractivity contribution < 1.29 is 33.1 Å². The van der Waals surface area contributed by atoms with Gasteiger partial charge in [-0.3, -0.25) is 34.0 Å². The van der Waals surface area contributed by atoms with Crippen LogP contribution in [0.3, 0.4) is 0 Å². The lowest BCUT2D eigenvalue weighted by atomic mass is 9.83. The Balaban J connectivity index is 0.00000355. The highest BCUT2D eigenvalue weighted by atomic mass is 32.1. The van der Waals surface area contributed by atoms with Gasteiger partial charge in [0, 0.05) is 73.3 Å². The molecule has 0 radical (unpaired) electrons. The van der Waals surface area contributed by atoms with Gasteiger partial charge in [0.15, 0.2) is 0 Å². The van der Waals surface area contributed by atoms with Crippen LogP contribution in [0, 0.1) is 17.3 Å². The Bertz CT molecular complexity index is 2560. The summed E-state index contributed by atoms with van der Waals surface area (Å²) < 4.78 is 21.3. The van der Waals surface area contributed by atoms with Gasteiger partial charge in [0.25, 0.3) is 5.91 Å². The van der Waals surface area contributed by atoms with Crippen molar-refractivity contribution in [1.29, 1.82) is 0 Å². The van der Waals surface area contributed by atoms with Gasteiger partial charge in [-0.25, -0.2) is 9.82 Å². The predicted octanol–water partition coefficient (Wildman–Crippen LogP) is 8.14. The maximum atomic E-state index is 14.7. The Labute approximate surface area is 460 Å². The first-order chi connectivity index (χ1) is 31.9. The van der Waals surface area contributed by atoms with Crippen molar-refractivity contribution in [3.8, 4) is 22.4 Å². The van der Waals surface area contributed by atoms with Crippen LogP contribution in [0.4, 0.5) is 4.39 Å². The van der Waals surface area contributed by atoms with Crippen LogP contribution in [0.15, 0.2) is 72.9 Å². The third-order valence-electron chi connectivity index (χ3n) is 13.4. The molecule has 3 aliphatic heterocycles. The van der Waals surface area contributed by atoms with Crippen molar-refractivity contribution >= 4 is 108 Å². The number of pyridine rings is 1. The number of ether oxygens (including phenoxy) is 1. The number of benzene rings is 2. The van der Waals surface area contributed by atoms with Crippen molar-refractivity contribution in [1.82, 2.24) is 35.1 Å². The highest BCUT2D eigenvalue weighted by Gasteiger charge is 2.40. The van der Waals surface area contributed by atoms with Gasteiger partial charge in [-0.05, 0) is 104 Å². The molecular formula is C53H78FN7O6S5. The molecule has 19 heteroatoms. The average molecular weight is 1090 g/mol. The van der Waals surface area contributed by atoms with Gasteiger partial charge in [0.2, 0.25) is 17.7 Å². The lowest BCUT2D eigenvalue weighted by Crippen LogP contribution is -2.62. The molecule has 2 aromatic heterocycles. The maximum Gasteiger partial charge on any atom is 0.324 e. The van der Waals surface area contributed by atoms with Gasteiger partial charge >= 0.3 is 5.97 Å². The molecule has 0 unspecified atom stereocenters. The Morgan fingerprint density at radius 1 is 0.944 bits per heavy atom. The Morgan fingerprint density at radius 3 is 2.32 bits per heavy atom. The SMILES string of the molecule is CC(C)c1ncccc1-c1c2c3cc(ccc3n1C(C)C)-c1cccc(c1)C[C@H](NC(=O)[C@H](C(C)C)N(C)C(=O)[C@H]1CCN(C(=O)/C=C/CF)C1)C(=O)N1CCC[C@H](N1)C(=O)OCC(C)(C)C2.S.S.S.S.S. The standard InChI is InChI=1S/C53H68FN7O6.5H2S/c1-32(2)46-39(16-12-23-55-46)48-41-29-53(7,8)31-67-52(66)42-17-13-24-60(57-42)51(65)43(27-35-14-10-15-36(26-35)37-19-20-44(40(41)28-37)61(48)34(5)6)56-49(63)47(33(3)4)58(9)50(64)38-21-25-59(30-38)45(62)18-11-22-54;;;;;/h10-12,14-16,18-20,23,26,28,32-34,38,42-43,47,57H,13,17,21-22,24-25,27,29-31H2,1-9H3,(H,56,63);5*1H2/b18-11+;;;;;/t38-,42-,43-,47-;;;;;/m0...../s1. The van der Waals surface area contributed by atoms with Crippen molar-refractivity contribution in [3.05, 3.63) is 89.8 Å². The minimum atomic E-state index is -1.07. The van der Waals surface area contributed by atoms with Crippen LogP contribution < -0.4 is 10.7 Å². The molecule has 6 bridgehead atoms. The van der Waals surface area contributed by atoms with E-state index >= 15 is 0 Å². The number of fused-ring (bicyclic) bond motifs is 6. The topological polar surface area (TPSA) is 146 Å². The molecule has 72 heavy (non-hydrogen) atoms. The van der Waals surface area contributed by atoms with E-state index in [9.17, 15) is 28.4 Å². The lowest BCUT2D eigenvalue weighted by Gasteiger charge is -2.37. The molecule has 0 aliphatic carbocycles. The molecule has 4 atom stereocenters. The van der Waals surface area contributed by atoms with Gasteiger partial charge in [0.1, 0.15) is 24.8 Å². The molecule has 3 aliphatic rings. The molecule has 2 saturated heterocycles. The van der Waals surface area contributed by atoms with Crippen LogP contribution in [-0.4, -0.2) is 112 Å². The number of hydrazine groups is 1. The molecule has 5 heterocycles. The van der Waals surface area contributed by atoms with Gasteiger partial charge < -0.3 is 24.4 Å². The van der Waals surface area contributed by atoms with E-state index in [1.54, 1.807) is 7.05 Å². The number of carbonyl (C=O) groups excluding carboxylic acids is 5. The summed E-state index contributed by atoms with van der Waals surface area (Å²) in [7, 11) is 1.58. The molecule has 2 fully saturated rings. The normalized spacial score (nSPS) is 19.3. The second-order valence-electron chi connectivity index (χ2n) is 20.3.